The van der Waals surface area contributed by atoms with Crippen molar-refractivity contribution >= 4 is 17.7 Å². The molecule has 1 atom stereocenters. The largest absolute Gasteiger partial charge is 0.493 e. The minimum Gasteiger partial charge on any atom is -0.493 e. The zero-order chi connectivity index (χ0) is 13.2. The summed E-state index contributed by atoms with van der Waals surface area (Å²) in [6.45, 7) is 3.82. The van der Waals surface area contributed by atoms with Crippen molar-refractivity contribution in [3.8, 4) is 5.75 Å². The molecule has 2 aliphatic heterocycles. The van der Waals surface area contributed by atoms with Crippen molar-refractivity contribution < 1.29 is 9.53 Å². The van der Waals surface area contributed by atoms with Crippen molar-refractivity contribution in [3.63, 3.8) is 0 Å². The highest BCUT2D eigenvalue weighted by atomic mass is 32.2. The second kappa shape index (κ2) is 5.45. The van der Waals surface area contributed by atoms with Crippen LogP contribution in [-0.4, -0.2) is 29.7 Å². The summed E-state index contributed by atoms with van der Waals surface area (Å²) in [6.07, 6.45) is 3.19. The average Bonchev–Trinajstić information content (AvgIpc) is 3.02. The molecule has 3 rings (SSSR count). The fraction of sp³-hybridized carbons (Fsp3) is 0.533. The Morgan fingerprint density at radius 2 is 2.37 bits per heavy atom. The number of hydrogen-bond acceptors (Lipinski definition) is 3. The molecule has 1 fully saturated rings. The predicted molar refractivity (Wildman–Crippen MR) is 77.5 cm³/mol. The highest BCUT2D eigenvalue weighted by molar-refractivity contribution is 8.00. The molecule has 2 aliphatic rings. The van der Waals surface area contributed by atoms with E-state index in [1.54, 1.807) is 11.8 Å². The number of benzene rings is 1. The normalized spacial score (nSPS) is 21.6. The van der Waals surface area contributed by atoms with Crippen molar-refractivity contribution in [2.75, 3.05) is 18.9 Å². The molecule has 0 N–H and O–H groups in total. The summed E-state index contributed by atoms with van der Waals surface area (Å²) in [7, 11) is 0. The maximum atomic E-state index is 12.0. The van der Waals surface area contributed by atoms with Crippen molar-refractivity contribution in [1.82, 2.24) is 4.90 Å². The molecule has 1 aromatic rings. The van der Waals surface area contributed by atoms with Gasteiger partial charge in [-0.1, -0.05) is 19.4 Å². The second-order valence-electron chi connectivity index (χ2n) is 5.07. The lowest BCUT2D eigenvalue weighted by atomic mass is 10.1. The molecule has 0 aromatic heterocycles. The Morgan fingerprint density at radius 1 is 1.47 bits per heavy atom. The topological polar surface area (TPSA) is 29.5 Å². The summed E-state index contributed by atoms with van der Waals surface area (Å²) in [5.74, 6) is 1.90. The smallest absolute Gasteiger partial charge is 0.233 e. The van der Waals surface area contributed by atoms with Gasteiger partial charge in [-0.15, -0.1) is 11.8 Å². The van der Waals surface area contributed by atoms with Crippen LogP contribution in [0.4, 0.5) is 0 Å². The first-order valence-corrected chi connectivity index (χ1v) is 8.01. The number of nitrogens with zero attached hydrogens (tertiary/aromatic N) is 1. The van der Waals surface area contributed by atoms with Gasteiger partial charge in [0.25, 0.3) is 0 Å². The van der Waals surface area contributed by atoms with E-state index in [0.717, 1.165) is 38.2 Å². The van der Waals surface area contributed by atoms with Crippen LogP contribution in [0.1, 0.15) is 36.3 Å². The highest BCUT2D eigenvalue weighted by Gasteiger charge is 2.32. The van der Waals surface area contributed by atoms with E-state index in [0.29, 0.717) is 5.75 Å². The van der Waals surface area contributed by atoms with Crippen LogP contribution in [0, 0.1) is 0 Å². The second-order valence-corrected chi connectivity index (χ2v) is 6.14. The summed E-state index contributed by atoms with van der Waals surface area (Å²) in [5.41, 5.74) is 2.53. The highest BCUT2D eigenvalue weighted by Crippen LogP contribution is 2.40. The third kappa shape index (κ3) is 2.46. The summed E-state index contributed by atoms with van der Waals surface area (Å²) in [4.78, 5) is 14.0. The Kier molecular flexibility index (Phi) is 3.69. The Bertz CT molecular complexity index is 489. The molecule has 19 heavy (non-hydrogen) atoms. The van der Waals surface area contributed by atoms with Crippen LogP contribution in [0.3, 0.4) is 0 Å². The van der Waals surface area contributed by atoms with E-state index >= 15 is 0 Å². The molecule has 0 radical (unpaired) electrons. The Morgan fingerprint density at radius 3 is 3.21 bits per heavy atom. The first-order chi connectivity index (χ1) is 9.29. The van der Waals surface area contributed by atoms with Crippen LogP contribution < -0.4 is 4.74 Å². The van der Waals surface area contributed by atoms with Crippen LogP contribution in [0.2, 0.25) is 0 Å². The lowest BCUT2D eigenvalue weighted by molar-refractivity contribution is -0.128. The van der Waals surface area contributed by atoms with Crippen LogP contribution in [-0.2, 0) is 11.2 Å². The van der Waals surface area contributed by atoms with E-state index in [1.807, 2.05) is 4.90 Å². The molecule has 1 aromatic carbocycles. The van der Waals surface area contributed by atoms with E-state index < -0.39 is 0 Å². The van der Waals surface area contributed by atoms with Crippen molar-refractivity contribution in [2.45, 2.75) is 31.6 Å². The first-order valence-electron chi connectivity index (χ1n) is 6.96. The minimum absolute atomic E-state index is 0.199. The maximum absolute atomic E-state index is 12.0. The molecule has 0 aliphatic carbocycles. The number of hydrogen-bond donors (Lipinski definition) is 0. The zero-order valence-electron chi connectivity index (χ0n) is 11.2. The minimum atomic E-state index is 0.199. The molecule has 2 heterocycles. The van der Waals surface area contributed by atoms with Crippen molar-refractivity contribution in [3.05, 3.63) is 29.3 Å². The average molecular weight is 277 g/mol. The van der Waals surface area contributed by atoms with Crippen molar-refractivity contribution in [2.24, 2.45) is 0 Å². The summed E-state index contributed by atoms with van der Waals surface area (Å²) < 4.78 is 5.54. The third-order valence-corrected chi connectivity index (χ3v) is 4.98. The number of ether oxygens (including phenoxy) is 1. The van der Waals surface area contributed by atoms with Gasteiger partial charge in [0.2, 0.25) is 5.91 Å². The summed E-state index contributed by atoms with van der Waals surface area (Å²) in [6, 6.07) is 6.38. The van der Waals surface area contributed by atoms with Gasteiger partial charge in [-0.05, 0) is 29.7 Å². The quantitative estimate of drug-likeness (QED) is 0.847. The molecule has 102 valence electrons. The maximum Gasteiger partial charge on any atom is 0.233 e. The molecule has 1 saturated heterocycles. The van der Waals surface area contributed by atoms with Gasteiger partial charge in [0.05, 0.1) is 12.4 Å². The molecule has 0 saturated carbocycles. The molecule has 1 amide bonds. The summed E-state index contributed by atoms with van der Waals surface area (Å²) in [5, 5.41) is 0.199. The predicted octanol–water partition coefficient (Wildman–Crippen LogP) is 3.00. The number of fused-ring (bicyclic) bond motifs is 1. The number of rotatable bonds is 4. The fourth-order valence-electron chi connectivity index (χ4n) is 2.66. The molecule has 3 nitrogen and oxygen atoms in total. The van der Waals surface area contributed by atoms with Gasteiger partial charge in [0.15, 0.2) is 0 Å². The molecular weight excluding hydrogens is 258 g/mol. The van der Waals surface area contributed by atoms with E-state index in [-0.39, 0.29) is 11.3 Å². The first kappa shape index (κ1) is 12.9. The van der Waals surface area contributed by atoms with Crippen LogP contribution in [0.25, 0.3) is 0 Å². The van der Waals surface area contributed by atoms with Crippen LogP contribution >= 0.6 is 11.8 Å². The lowest BCUT2D eigenvalue weighted by Gasteiger charge is -2.24. The van der Waals surface area contributed by atoms with Crippen LogP contribution in [0.15, 0.2) is 18.2 Å². The molecule has 4 heteroatoms. The van der Waals surface area contributed by atoms with Gasteiger partial charge < -0.3 is 9.64 Å². The van der Waals surface area contributed by atoms with Crippen LogP contribution in [0.5, 0.6) is 5.75 Å². The zero-order valence-corrected chi connectivity index (χ0v) is 12.0. The summed E-state index contributed by atoms with van der Waals surface area (Å²) >= 11 is 1.74. The number of thioether (sulfide) groups is 1. The van der Waals surface area contributed by atoms with E-state index in [1.165, 1.54) is 11.1 Å². The molecule has 1 unspecified atom stereocenters. The number of amides is 1. The SMILES string of the molecule is CCCCN1C(=O)CSC1c1ccc2c(c1)CCO2. The van der Waals surface area contributed by atoms with E-state index in [4.69, 9.17) is 4.74 Å². The van der Waals surface area contributed by atoms with Gasteiger partial charge >= 0.3 is 0 Å². The number of unbranched alkanes of at least 4 members (excludes halogenated alkanes) is 1. The third-order valence-electron chi connectivity index (χ3n) is 3.72. The number of carbonyl (C=O) groups is 1. The Hall–Kier alpha value is -1.16. The Balaban J connectivity index is 1.82. The number of carbonyl (C=O) groups excluding carboxylic acids is 1. The fourth-order valence-corrected chi connectivity index (χ4v) is 3.87. The molecule has 0 spiro atoms. The Labute approximate surface area is 118 Å². The van der Waals surface area contributed by atoms with Gasteiger partial charge in [-0.25, -0.2) is 0 Å². The standard InChI is InChI=1S/C15H19NO2S/c1-2-3-7-16-14(17)10-19-15(16)12-4-5-13-11(9-12)6-8-18-13/h4-5,9,15H,2-3,6-8,10H2,1H3. The van der Waals surface area contributed by atoms with E-state index in [2.05, 4.69) is 25.1 Å². The van der Waals surface area contributed by atoms with Crippen molar-refractivity contribution in [1.29, 1.82) is 0 Å². The van der Waals surface area contributed by atoms with Gasteiger partial charge in [0.1, 0.15) is 11.1 Å². The van der Waals surface area contributed by atoms with Gasteiger partial charge in [-0.3, -0.25) is 4.79 Å². The van der Waals surface area contributed by atoms with E-state index in [9.17, 15) is 4.79 Å². The molecular formula is C15H19NO2S. The monoisotopic (exact) mass is 277 g/mol. The van der Waals surface area contributed by atoms with Gasteiger partial charge in [-0.2, -0.15) is 0 Å². The lowest BCUT2D eigenvalue weighted by Crippen LogP contribution is -2.29. The van der Waals surface area contributed by atoms with Gasteiger partial charge in [0, 0.05) is 13.0 Å². The molecule has 0 bridgehead atoms.